The van der Waals surface area contributed by atoms with Crippen molar-refractivity contribution in [3.63, 3.8) is 0 Å². The van der Waals surface area contributed by atoms with Crippen molar-refractivity contribution >= 4 is 5.82 Å². The van der Waals surface area contributed by atoms with Crippen molar-refractivity contribution < 1.29 is 9.13 Å². The summed E-state index contributed by atoms with van der Waals surface area (Å²) in [5.74, 6) is 0.553. The normalized spacial score (nSPS) is 15.1. The van der Waals surface area contributed by atoms with E-state index in [1.54, 1.807) is 12.3 Å². The maximum Gasteiger partial charge on any atom is 0.183 e. The van der Waals surface area contributed by atoms with Crippen molar-refractivity contribution in [2.45, 2.75) is 6.54 Å². The summed E-state index contributed by atoms with van der Waals surface area (Å²) in [6.07, 6.45) is 3.12. The minimum absolute atomic E-state index is 0.259. The van der Waals surface area contributed by atoms with Gasteiger partial charge >= 0.3 is 0 Å². The Bertz CT molecular complexity index is 753. The monoisotopic (exact) mass is 327 g/mol. The highest BCUT2D eigenvalue weighted by Crippen LogP contribution is 2.20. The lowest BCUT2D eigenvalue weighted by molar-refractivity contribution is 0.248. The number of nitriles is 1. The van der Waals surface area contributed by atoms with E-state index in [0.29, 0.717) is 18.1 Å². The molecule has 0 aliphatic carbocycles. The number of piperazine rings is 1. The molecule has 1 fully saturated rings. The van der Waals surface area contributed by atoms with Gasteiger partial charge in [-0.15, -0.1) is 0 Å². The molecule has 0 N–H and O–H groups in total. The van der Waals surface area contributed by atoms with Crippen LogP contribution in [0.2, 0.25) is 0 Å². The molecule has 124 valence electrons. The van der Waals surface area contributed by atoms with Gasteiger partial charge in [-0.25, -0.2) is 14.4 Å². The van der Waals surface area contributed by atoms with Crippen LogP contribution >= 0.6 is 0 Å². The van der Waals surface area contributed by atoms with E-state index < -0.39 is 0 Å². The molecule has 0 atom stereocenters. The van der Waals surface area contributed by atoms with E-state index in [2.05, 4.69) is 25.8 Å². The van der Waals surface area contributed by atoms with Crippen molar-refractivity contribution in [1.29, 1.82) is 5.26 Å². The van der Waals surface area contributed by atoms with Crippen LogP contribution in [0.4, 0.5) is 10.2 Å². The number of halogens is 1. The van der Waals surface area contributed by atoms with Gasteiger partial charge in [0.2, 0.25) is 0 Å². The first kappa shape index (κ1) is 16.1. The SMILES string of the molecule is COc1ccc(CN2CCN(c3nccnc3C#N)CC2)cc1F. The maximum absolute atomic E-state index is 13.8. The largest absolute Gasteiger partial charge is 0.494 e. The zero-order valence-electron chi connectivity index (χ0n) is 13.4. The van der Waals surface area contributed by atoms with Crippen LogP contribution in [0.5, 0.6) is 5.75 Å². The van der Waals surface area contributed by atoms with Gasteiger partial charge in [-0.2, -0.15) is 5.26 Å². The smallest absolute Gasteiger partial charge is 0.183 e. The van der Waals surface area contributed by atoms with Crippen LogP contribution in [0.15, 0.2) is 30.6 Å². The zero-order valence-corrected chi connectivity index (χ0v) is 13.4. The minimum Gasteiger partial charge on any atom is -0.494 e. The Morgan fingerprint density at radius 3 is 2.62 bits per heavy atom. The number of aromatic nitrogens is 2. The Kier molecular flexibility index (Phi) is 4.87. The average Bonchev–Trinajstić information content (AvgIpc) is 2.62. The topological polar surface area (TPSA) is 65.3 Å². The summed E-state index contributed by atoms with van der Waals surface area (Å²) in [5.41, 5.74) is 1.27. The number of methoxy groups -OCH3 is 1. The van der Waals surface area contributed by atoms with Gasteiger partial charge in [0.1, 0.15) is 6.07 Å². The molecule has 2 aromatic rings. The van der Waals surface area contributed by atoms with Crippen LogP contribution in [0, 0.1) is 17.1 Å². The third-order valence-corrected chi connectivity index (χ3v) is 4.08. The van der Waals surface area contributed by atoms with Crippen molar-refractivity contribution in [2.24, 2.45) is 0 Å². The predicted molar refractivity (Wildman–Crippen MR) is 87.2 cm³/mol. The van der Waals surface area contributed by atoms with Gasteiger partial charge in [-0.05, 0) is 17.7 Å². The quantitative estimate of drug-likeness (QED) is 0.853. The zero-order chi connectivity index (χ0) is 16.9. The minimum atomic E-state index is -0.341. The molecule has 24 heavy (non-hydrogen) atoms. The number of nitrogens with zero attached hydrogens (tertiary/aromatic N) is 5. The van der Waals surface area contributed by atoms with Crippen LogP contribution in [0.25, 0.3) is 0 Å². The van der Waals surface area contributed by atoms with E-state index in [1.165, 1.54) is 19.4 Å². The molecule has 0 amide bonds. The van der Waals surface area contributed by atoms with Gasteiger partial charge in [0.15, 0.2) is 23.1 Å². The van der Waals surface area contributed by atoms with Crippen LogP contribution in [0.3, 0.4) is 0 Å². The molecule has 3 rings (SSSR count). The van der Waals surface area contributed by atoms with E-state index in [-0.39, 0.29) is 11.6 Å². The molecule has 1 aromatic carbocycles. The third kappa shape index (κ3) is 3.44. The molecular formula is C17H18FN5O. The van der Waals surface area contributed by atoms with Crippen LogP contribution in [-0.4, -0.2) is 48.2 Å². The van der Waals surface area contributed by atoms with E-state index in [4.69, 9.17) is 10.00 Å². The van der Waals surface area contributed by atoms with E-state index in [1.807, 2.05) is 6.07 Å². The second-order valence-electron chi connectivity index (χ2n) is 5.57. The summed E-state index contributed by atoms with van der Waals surface area (Å²) in [6, 6.07) is 7.13. The molecule has 0 bridgehead atoms. The highest BCUT2D eigenvalue weighted by atomic mass is 19.1. The molecule has 0 radical (unpaired) electrons. The van der Waals surface area contributed by atoms with Gasteiger partial charge in [0.25, 0.3) is 0 Å². The lowest BCUT2D eigenvalue weighted by Crippen LogP contribution is -2.46. The molecule has 0 spiro atoms. The molecular weight excluding hydrogens is 309 g/mol. The van der Waals surface area contributed by atoms with E-state index >= 15 is 0 Å². The van der Waals surface area contributed by atoms with Crippen LogP contribution in [0.1, 0.15) is 11.3 Å². The Hall–Kier alpha value is -2.72. The summed E-state index contributed by atoms with van der Waals surface area (Å²) in [6.45, 7) is 3.82. The fourth-order valence-electron chi connectivity index (χ4n) is 2.83. The summed E-state index contributed by atoms with van der Waals surface area (Å²) >= 11 is 0. The number of hydrogen-bond donors (Lipinski definition) is 0. The third-order valence-electron chi connectivity index (χ3n) is 4.08. The molecule has 1 aliphatic heterocycles. The first-order valence-electron chi connectivity index (χ1n) is 7.72. The van der Waals surface area contributed by atoms with Crippen molar-refractivity contribution in [2.75, 3.05) is 38.2 Å². The number of ether oxygens (including phenoxy) is 1. The van der Waals surface area contributed by atoms with Gasteiger partial charge < -0.3 is 9.64 Å². The molecule has 1 aliphatic rings. The molecule has 0 saturated carbocycles. The second-order valence-corrected chi connectivity index (χ2v) is 5.57. The molecule has 1 aromatic heterocycles. The van der Waals surface area contributed by atoms with Gasteiger partial charge in [-0.1, -0.05) is 6.07 Å². The number of rotatable bonds is 4. The van der Waals surface area contributed by atoms with Gasteiger partial charge in [0.05, 0.1) is 7.11 Å². The Balaban J connectivity index is 1.61. The van der Waals surface area contributed by atoms with Crippen molar-refractivity contribution in [3.8, 4) is 11.8 Å². The Morgan fingerprint density at radius 2 is 1.96 bits per heavy atom. The first-order valence-corrected chi connectivity index (χ1v) is 7.72. The summed E-state index contributed by atoms with van der Waals surface area (Å²) < 4.78 is 18.7. The Labute approximate surface area is 140 Å². The van der Waals surface area contributed by atoms with Gasteiger partial charge in [-0.3, -0.25) is 4.90 Å². The first-order chi connectivity index (χ1) is 11.7. The molecule has 1 saturated heterocycles. The van der Waals surface area contributed by atoms with E-state index in [9.17, 15) is 4.39 Å². The van der Waals surface area contributed by atoms with Crippen molar-refractivity contribution in [3.05, 3.63) is 47.7 Å². The second kappa shape index (κ2) is 7.23. The molecule has 2 heterocycles. The van der Waals surface area contributed by atoms with Gasteiger partial charge in [0, 0.05) is 45.1 Å². The number of benzene rings is 1. The molecule has 7 heteroatoms. The maximum atomic E-state index is 13.8. The predicted octanol–water partition coefficient (Wildman–Crippen LogP) is 1.82. The number of hydrogen-bond acceptors (Lipinski definition) is 6. The van der Waals surface area contributed by atoms with E-state index in [0.717, 1.165) is 31.7 Å². The number of anilines is 1. The summed E-state index contributed by atoms with van der Waals surface area (Å²) in [7, 11) is 1.46. The molecule has 0 unspecified atom stereocenters. The summed E-state index contributed by atoms with van der Waals surface area (Å²) in [4.78, 5) is 12.6. The lowest BCUT2D eigenvalue weighted by Gasteiger charge is -2.35. The van der Waals surface area contributed by atoms with Crippen LogP contribution in [-0.2, 0) is 6.54 Å². The Morgan fingerprint density at radius 1 is 1.21 bits per heavy atom. The van der Waals surface area contributed by atoms with Crippen molar-refractivity contribution in [1.82, 2.24) is 14.9 Å². The fraction of sp³-hybridized carbons (Fsp3) is 0.353. The highest BCUT2D eigenvalue weighted by molar-refractivity contribution is 5.49. The average molecular weight is 327 g/mol. The van der Waals surface area contributed by atoms with Crippen LogP contribution < -0.4 is 9.64 Å². The molecule has 6 nitrogen and oxygen atoms in total. The fourth-order valence-corrected chi connectivity index (χ4v) is 2.83. The highest BCUT2D eigenvalue weighted by Gasteiger charge is 2.21. The lowest BCUT2D eigenvalue weighted by atomic mass is 10.1. The summed E-state index contributed by atoms with van der Waals surface area (Å²) in [5, 5.41) is 9.13. The standard InChI is InChI=1S/C17H18FN5O/c1-24-16-3-2-13(10-14(16)18)12-22-6-8-23(9-7-22)17-15(11-19)20-4-5-21-17/h2-5,10H,6-9,12H2,1H3.